The quantitative estimate of drug-likeness (QED) is 0.109. The van der Waals surface area contributed by atoms with Crippen molar-refractivity contribution in [3.05, 3.63) is 155 Å². The average Bonchev–Trinajstić information content (AvgIpc) is 3.58. The lowest BCUT2D eigenvalue weighted by Crippen LogP contribution is -2.11. The van der Waals surface area contributed by atoms with E-state index in [1.807, 2.05) is 31.2 Å². The van der Waals surface area contributed by atoms with Crippen molar-refractivity contribution in [1.82, 2.24) is 4.57 Å². The number of methoxy groups -OCH3 is 2. The van der Waals surface area contributed by atoms with Gasteiger partial charge in [0, 0.05) is 46.6 Å². The summed E-state index contributed by atoms with van der Waals surface area (Å²) in [4.78, 5) is 2.22. The van der Waals surface area contributed by atoms with Crippen molar-refractivity contribution in [1.29, 1.82) is 5.26 Å². The van der Waals surface area contributed by atoms with E-state index in [4.69, 9.17) is 9.47 Å². The highest BCUT2D eigenvalue weighted by Gasteiger charge is 2.23. The molecule has 6 aromatic carbocycles. The minimum Gasteiger partial charge on any atom is -0.497 e. The maximum Gasteiger partial charge on any atom is 0.119 e. The predicted molar refractivity (Wildman–Crippen MR) is 246 cm³/mol. The zero-order valence-electron chi connectivity index (χ0n) is 35.4. The van der Waals surface area contributed by atoms with E-state index in [1.54, 1.807) is 14.2 Å². The molecule has 58 heavy (non-hydrogen) atoms. The minimum absolute atomic E-state index is 0.0323. The normalized spacial score (nSPS) is 12.3. The van der Waals surface area contributed by atoms with Gasteiger partial charge in [0.1, 0.15) is 11.5 Å². The van der Waals surface area contributed by atoms with Gasteiger partial charge >= 0.3 is 0 Å². The molecule has 0 amide bonds. The van der Waals surface area contributed by atoms with E-state index < -0.39 is 0 Å². The molecule has 1 heterocycles. The Bertz CT molecular complexity index is 2660. The van der Waals surface area contributed by atoms with Gasteiger partial charge in [-0.3, -0.25) is 0 Å². The summed E-state index contributed by atoms with van der Waals surface area (Å²) in [7, 11) is 5.52. The summed E-state index contributed by atoms with van der Waals surface area (Å²) in [6.45, 7) is 15.4. The Labute approximate surface area is 344 Å². The number of hydrogen-bond donors (Lipinski definition) is 0. The smallest absolute Gasteiger partial charge is 0.119 e. The second kappa shape index (κ2) is 15.8. The molecule has 0 radical (unpaired) electrons. The molecule has 5 heteroatoms. The second-order valence-corrected chi connectivity index (χ2v) is 17.1. The molecule has 0 saturated heterocycles. The molecule has 7 aromatic rings. The van der Waals surface area contributed by atoms with Crippen LogP contribution in [0, 0.1) is 11.3 Å². The summed E-state index contributed by atoms with van der Waals surface area (Å²) in [5.41, 5.74) is 11.9. The highest BCUT2D eigenvalue weighted by atomic mass is 16.5. The molecule has 0 saturated carbocycles. The van der Waals surface area contributed by atoms with Crippen molar-refractivity contribution in [3.63, 3.8) is 0 Å². The molecular formula is C53H53N3O2. The van der Waals surface area contributed by atoms with E-state index in [0.717, 1.165) is 61.8 Å². The lowest BCUT2D eigenvalue weighted by atomic mass is 9.81. The van der Waals surface area contributed by atoms with Crippen molar-refractivity contribution < 1.29 is 9.47 Å². The van der Waals surface area contributed by atoms with Gasteiger partial charge in [-0.1, -0.05) is 84.0 Å². The van der Waals surface area contributed by atoms with Gasteiger partial charge in [0.05, 0.1) is 20.3 Å². The Kier molecular flexibility index (Phi) is 10.8. The van der Waals surface area contributed by atoms with Crippen LogP contribution in [-0.4, -0.2) is 18.8 Å². The molecule has 0 aliphatic heterocycles. The van der Waals surface area contributed by atoms with Crippen molar-refractivity contribution in [2.45, 2.75) is 59.3 Å². The SMILES string of the molecule is COc1ccc(N(c2ccc(/C=C/c3ccc(-c4c5ccc(C(C)(C)C)cc5c(/C=C(\C)C#N)c5ccc(C(C)(C)C)cc45)n3C)cc2)c2ccc(OC)cc2)cc1. The zero-order chi connectivity index (χ0) is 41.4. The van der Waals surface area contributed by atoms with Crippen LogP contribution in [0.25, 0.3) is 51.0 Å². The van der Waals surface area contributed by atoms with Crippen LogP contribution in [0.1, 0.15) is 76.4 Å². The number of hydrogen-bond acceptors (Lipinski definition) is 4. The van der Waals surface area contributed by atoms with Gasteiger partial charge in [-0.05, 0) is 159 Å². The lowest BCUT2D eigenvalue weighted by Gasteiger charge is -2.26. The summed E-state index contributed by atoms with van der Waals surface area (Å²) in [6, 6.07) is 45.5. The molecule has 0 fully saturated rings. The van der Waals surface area contributed by atoms with Crippen LogP contribution in [0.3, 0.4) is 0 Å². The second-order valence-electron chi connectivity index (χ2n) is 17.1. The molecule has 0 aliphatic rings. The van der Waals surface area contributed by atoms with Gasteiger partial charge in [0.25, 0.3) is 0 Å². The van der Waals surface area contributed by atoms with Gasteiger partial charge in [-0.15, -0.1) is 0 Å². The topological polar surface area (TPSA) is 50.4 Å². The van der Waals surface area contributed by atoms with Crippen LogP contribution < -0.4 is 14.4 Å². The van der Waals surface area contributed by atoms with Crippen molar-refractivity contribution in [2.75, 3.05) is 19.1 Å². The third kappa shape index (κ3) is 7.88. The molecule has 0 aliphatic carbocycles. The van der Waals surface area contributed by atoms with Gasteiger partial charge < -0.3 is 18.9 Å². The van der Waals surface area contributed by atoms with Gasteiger partial charge in [-0.2, -0.15) is 5.26 Å². The van der Waals surface area contributed by atoms with Crippen LogP contribution in [0.5, 0.6) is 11.5 Å². The maximum absolute atomic E-state index is 9.91. The highest BCUT2D eigenvalue weighted by molar-refractivity contribution is 6.17. The third-order valence-corrected chi connectivity index (χ3v) is 11.1. The fourth-order valence-corrected chi connectivity index (χ4v) is 7.65. The Morgan fingerprint density at radius 2 is 1.10 bits per heavy atom. The molecule has 0 atom stereocenters. The van der Waals surface area contributed by atoms with E-state index in [2.05, 4.69) is 179 Å². The number of anilines is 3. The summed E-state index contributed by atoms with van der Waals surface area (Å²) < 4.78 is 13.2. The number of fused-ring (bicyclic) bond motifs is 2. The van der Waals surface area contributed by atoms with E-state index in [0.29, 0.717) is 5.57 Å². The van der Waals surface area contributed by atoms with E-state index in [1.165, 1.54) is 27.5 Å². The predicted octanol–water partition coefficient (Wildman–Crippen LogP) is 14.2. The van der Waals surface area contributed by atoms with Crippen molar-refractivity contribution in [3.8, 4) is 28.8 Å². The molecule has 1 aromatic heterocycles. The summed E-state index contributed by atoms with van der Waals surface area (Å²) >= 11 is 0. The fourth-order valence-electron chi connectivity index (χ4n) is 7.65. The van der Waals surface area contributed by atoms with Crippen LogP contribution in [-0.2, 0) is 17.9 Å². The maximum atomic E-state index is 9.91. The van der Waals surface area contributed by atoms with Crippen LogP contribution in [0.4, 0.5) is 17.1 Å². The molecular weight excluding hydrogens is 711 g/mol. The first kappa shape index (κ1) is 39.7. The van der Waals surface area contributed by atoms with Gasteiger partial charge in [0.2, 0.25) is 0 Å². The largest absolute Gasteiger partial charge is 0.497 e. The molecule has 292 valence electrons. The molecule has 0 spiro atoms. The number of ether oxygens (including phenoxy) is 2. The zero-order valence-corrected chi connectivity index (χ0v) is 35.4. The first-order chi connectivity index (χ1) is 27.7. The average molecular weight is 764 g/mol. The number of nitrogens with zero attached hydrogens (tertiary/aromatic N) is 3. The first-order valence-electron chi connectivity index (χ1n) is 19.9. The monoisotopic (exact) mass is 763 g/mol. The number of rotatable bonds is 9. The first-order valence-corrected chi connectivity index (χ1v) is 19.9. The number of aromatic nitrogens is 1. The summed E-state index contributed by atoms with van der Waals surface area (Å²) in [5, 5.41) is 14.6. The van der Waals surface area contributed by atoms with E-state index in [9.17, 15) is 5.26 Å². The van der Waals surface area contributed by atoms with Gasteiger partial charge in [0.15, 0.2) is 0 Å². The molecule has 5 nitrogen and oxygen atoms in total. The molecule has 0 N–H and O–H groups in total. The molecule has 0 bridgehead atoms. The number of benzene rings is 6. The fraction of sp³-hybridized carbons (Fsp3) is 0.226. The minimum atomic E-state index is -0.0347. The highest BCUT2D eigenvalue weighted by Crippen LogP contribution is 2.44. The van der Waals surface area contributed by atoms with Crippen LogP contribution in [0.2, 0.25) is 0 Å². The van der Waals surface area contributed by atoms with Crippen LogP contribution >= 0.6 is 0 Å². The third-order valence-electron chi connectivity index (χ3n) is 11.1. The molecule has 7 rings (SSSR count). The lowest BCUT2D eigenvalue weighted by molar-refractivity contribution is 0.415. The standard InChI is InChI=1S/C53H53N3O2/c1-35(34-54)31-47-45-28-14-38(53(5,6)7)33-49(45)51(46-29-15-37(32-48(46)47)52(2,3)4)50-30-23-39(55(50)8)16-11-36-12-17-40(18-13-36)56(41-19-24-43(57-9)25-20-41)42-21-26-44(58-10)27-22-42/h11-33H,1-10H3/b16-11+,35-31+. The number of allylic oxidation sites excluding steroid dienone is 1. The Hall–Kier alpha value is -6.51. The Balaban J connectivity index is 1.31. The van der Waals surface area contributed by atoms with Crippen molar-refractivity contribution >= 4 is 56.8 Å². The Morgan fingerprint density at radius 1 is 0.603 bits per heavy atom. The molecule has 0 unspecified atom stereocenters. The van der Waals surface area contributed by atoms with E-state index >= 15 is 0 Å². The Morgan fingerprint density at radius 3 is 1.60 bits per heavy atom. The number of nitriles is 1. The summed E-state index contributed by atoms with van der Waals surface area (Å²) in [6.07, 6.45) is 6.44. The summed E-state index contributed by atoms with van der Waals surface area (Å²) in [5.74, 6) is 1.63. The van der Waals surface area contributed by atoms with Gasteiger partial charge in [-0.25, -0.2) is 0 Å². The van der Waals surface area contributed by atoms with E-state index in [-0.39, 0.29) is 10.8 Å². The van der Waals surface area contributed by atoms with Crippen molar-refractivity contribution in [2.24, 2.45) is 7.05 Å². The van der Waals surface area contributed by atoms with Crippen LogP contribution in [0.15, 0.2) is 127 Å².